The Kier molecular flexibility index (Phi) is 3.90. The molecule has 0 aliphatic carbocycles. The summed E-state index contributed by atoms with van der Waals surface area (Å²) in [4.78, 5) is 23.0. The van der Waals surface area contributed by atoms with Crippen LogP contribution in [0.3, 0.4) is 0 Å². The molecule has 2 aromatic rings. The monoisotopic (exact) mass is 295 g/mol. The number of halogens is 1. The molecule has 0 bridgehead atoms. The van der Waals surface area contributed by atoms with Crippen molar-refractivity contribution in [3.63, 3.8) is 0 Å². The summed E-state index contributed by atoms with van der Waals surface area (Å²) < 4.78 is 5.06. The van der Waals surface area contributed by atoms with Crippen molar-refractivity contribution in [3.8, 4) is 5.75 Å². The first-order valence-corrected chi connectivity index (χ1v) is 5.82. The highest BCUT2D eigenvalue weighted by atomic mass is 35.5. The van der Waals surface area contributed by atoms with Crippen LogP contribution < -0.4 is 10.1 Å². The molecule has 1 heterocycles. The van der Waals surface area contributed by atoms with Crippen molar-refractivity contribution in [2.45, 2.75) is 0 Å². The highest BCUT2D eigenvalue weighted by Gasteiger charge is 2.18. The zero-order valence-corrected chi connectivity index (χ0v) is 11.1. The average Bonchev–Trinajstić information content (AvgIpc) is 2.87. The summed E-state index contributed by atoms with van der Waals surface area (Å²) in [6.45, 7) is 0. The number of hydrogen-bond donors (Lipinski definition) is 3. The lowest BCUT2D eigenvalue weighted by molar-refractivity contribution is 0.0691. The Balaban J connectivity index is 2.30. The largest absolute Gasteiger partial charge is 0.496 e. The number of carbonyl (C=O) groups is 2. The molecule has 104 valence electrons. The van der Waals surface area contributed by atoms with Crippen LogP contribution in [0.1, 0.15) is 20.8 Å². The van der Waals surface area contributed by atoms with E-state index in [1.807, 2.05) is 0 Å². The van der Waals surface area contributed by atoms with Gasteiger partial charge in [-0.2, -0.15) is 5.10 Å². The predicted molar refractivity (Wildman–Crippen MR) is 71.5 cm³/mol. The van der Waals surface area contributed by atoms with E-state index in [1.165, 1.54) is 19.4 Å². The second kappa shape index (κ2) is 5.62. The summed E-state index contributed by atoms with van der Waals surface area (Å²) in [5.41, 5.74) is 0.0430. The number of aromatic nitrogens is 2. The van der Waals surface area contributed by atoms with Gasteiger partial charge in [0.05, 0.1) is 24.6 Å². The summed E-state index contributed by atoms with van der Waals surface area (Å²) in [5.74, 6) is -1.45. The third kappa shape index (κ3) is 2.72. The molecule has 8 heteroatoms. The van der Waals surface area contributed by atoms with Gasteiger partial charge in [0.2, 0.25) is 0 Å². The Bertz CT molecular complexity index is 668. The van der Waals surface area contributed by atoms with Gasteiger partial charge in [0.1, 0.15) is 5.75 Å². The number of rotatable bonds is 4. The van der Waals surface area contributed by atoms with E-state index >= 15 is 0 Å². The lowest BCUT2D eigenvalue weighted by Gasteiger charge is -2.09. The first kappa shape index (κ1) is 13.9. The number of carboxylic acids is 1. The minimum absolute atomic E-state index is 0.0597. The lowest BCUT2D eigenvalue weighted by Crippen LogP contribution is -2.15. The van der Waals surface area contributed by atoms with Crippen LogP contribution in [-0.4, -0.2) is 34.3 Å². The van der Waals surface area contributed by atoms with Gasteiger partial charge in [-0.15, -0.1) is 0 Å². The van der Waals surface area contributed by atoms with Crippen LogP contribution in [0.25, 0.3) is 0 Å². The van der Waals surface area contributed by atoms with E-state index in [2.05, 4.69) is 15.5 Å². The van der Waals surface area contributed by atoms with Gasteiger partial charge in [-0.25, -0.2) is 4.79 Å². The van der Waals surface area contributed by atoms with Gasteiger partial charge >= 0.3 is 5.97 Å². The summed E-state index contributed by atoms with van der Waals surface area (Å²) in [5, 5.41) is 17.6. The van der Waals surface area contributed by atoms with Crippen LogP contribution in [-0.2, 0) is 0 Å². The molecule has 0 spiro atoms. The van der Waals surface area contributed by atoms with Crippen molar-refractivity contribution < 1.29 is 19.4 Å². The molecule has 0 aliphatic rings. The zero-order chi connectivity index (χ0) is 14.7. The van der Waals surface area contributed by atoms with Crippen molar-refractivity contribution in [1.29, 1.82) is 0 Å². The van der Waals surface area contributed by atoms with Crippen LogP contribution in [0.5, 0.6) is 5.75 Å². The molecule has 0 unspecified atom stereocenters. The summed E-state index contributed by atoms with van der Waals surface area (Å²) in [7, 11) is 1.42. The topological polar surface area (TPSA) is 104 Å². The number of amides is 1. The van der Waals surface area contributed by atoms with Gasteiger partial charge < -0.3 is 15.2 Å². The average molecular weight is 296 g/mol. The Morgan fingerprint density at radius 1 is 1.45 bits per heavy atom. The van der Waals surface area contributed by atoms with E-state index in [9.17, 15) is 9.59 Å². The van der Waals surface area contributed by atoms with Crippen LogP contribution >= 0.6 is 11.6 Å². The number of benzene rings is 1. The van der Waals surface area contributed by atoms with Gasteiger partial charge in [0.15, 0.2) is 5.69 Å². The van der Waals surface area contributed by atoms with Crippen molar-refractivity contribution in [1.82, 2.24) is 10.2 Å². The van der Waals surface area contributed by atoms with E-state index < -0.39 is 11.9 Å². The van der Waals surface area contributed by atoms with E-state index in [-0.39, 0.29) is 16.9 Å². The van der Waals surface area contributed by atoms with E-state index in [1.54, 1.807) is 12.1 Å². The molecule has 0 saturated carbocycles. The van der Waals surface area contributed by atoms with Crippen molar-refractivity contribution >= 4 is 29.2 Å². The summed E-state index contributed by atoms with van der Waals surface area (Å²) >= 11 is 5.83. The molecule has 0 saturated heterocycles. The zero-order valence-electron chi connectivity index (χ0n) is 10.3. The number of aromatic amines is 1. The Labute approximate surface area is 118 Å². The quantitative estimate of drug-likeness (QED) is 0.800. The van der Waals surface area contributed by atoms with Crippen molar-refractivity contribution in [3.05, 3.63) is 40.7 Å². The lowest BCUT2D eigenvalue weighted by atomic mass is 10.2. The maximum Gasteiger partial charge on any atom is 0.356 e. The maximum absolute atomic E-state index is 12.1. The fraction of sp³-hybridized carbons (Fsp3) is 0.0833. The van der Waals surface area contributed by atoms with Crippen LogP contribution in [0, 0.1) is 0 Å². The molecule has 0 aliphatic heterocycles. The van der Waals surface area contributed by atoms with Gasteiger partial charge in [-0.05, 0) is 18.2 Å². The first-order chi connectivity index (χ1) is 9.52. The number of anilines is 1. The Hall–Kier alpha value is -2.54. The Morgan fingerprint density at radius 2 is 2.20 bits per heavy atom. The van der Waals surface area contributed by atoms with E-state index in [0.717, 1.165) is 0 Å². The number of H-pyrrole nitrogens is 1. The van der Waals surface area contributed by atoms with Crippen LogP contribution in [0.15, 0.2) is 24.4 Å². The number of nitrogens with zero attached hydrogens (tertiary/aromatic N) is 1. The van der Waals surface area contributed by atoms with Crippen LogP contribution in [0.2, 0.25) is 5.02 Å². The molecule has 1 aromatic heterocycles. The first-order valence-electron chi connectivity index (χ1n) is 5.44. The van der Waals surface area contributed by atoms with E-state index in [4.69, 9.17) is 21.4 Å². The van der Waals surface area contributed by atoms with E-state index in [0.29, 0.717) is 10.8 Å². The van der Waals surface area contributed by atoms with Gasteiger partial charge in [-0.1, -0.05) is 11.6 Å². The number of nitrogens with one attached hydrogen (secondary N) is 2. The fourth-order valence-corrected chi connectivity index (χ4v) is 1.76. The minimum Gasteiger partial charge on any atom is -0.496 e. The second-order valence-electron chi connectivity index (χ2n) is 3.76. The SMILES string of the molecule is COc1ccc(Cl)cc1C(=O)Nc1cn[nH]c1C(=O)O. The molecule has 0 atom stereocenters. The molecular formula is C12H10ClN3O4. The molecule has 0 fully saturated rings. The summed E-state index contributed by atoms with van der Waals surface area (Å²) in [6.07, 6.45) is 1.21. The second-order valence-corrected chi connectivity index (χ2v) is 4.20. The summed E-state index contributed by atoms with van der Waals surface area (Å²) in [6, 6.07) is 4.55. The molecular weight excluding hydrogens is 286 g/mol. The van der Waals surface area contributed by atoms with Crippen LogP contribution in [0.4, 0.5) is 5.69 Å². The normalized spacial score (nSPS) is 10.1. The van der Waals surface area contributed by atoms with Gasteiger partial charge in [0.25, 0.3) is 5.91 Å². The number of ether oxygens (including phenoxy) is 1. The number of hydrogen-bond acceptors (Lipinski definition) is 4. The van der Waals surface area contributed by atoms with Crippen molar-refractivity contribution in [2.75, 3.05) is 12.4 Å². The Morgan fingerprint density at radius 3 is 2.85 bits per heavy atom. The number of carbonyl (C=O) groups excluding carboxylic acids is 1. The number of methoxy groups -OCH3 is 1. The minimum atomic E-state index is -1.23. The maximum atomic E-state index is 12.1. The van der Waals surface area contributed by atoms with Gasteiger partial charge in [-0.3, -0.25) is 9.89 Å². The molecule has 0 radical (unpaired) electrons. The molecule has 20 heavy (non-hydrogen) atoms. The third-order valence-corrected chi connectivity index (χ3v) is 2.74. The third-order valence-electron chi connectivity index (χ3n) is 2.51. The molecule has 3 N–H and O–H groups in total. The smallest absolute Gasteiger partial charge is 0.356 e. The van der Waals surface area contributed by atoms with Crippen molar-refractivity contribution in [2.24, 2.45) is 0 Å². The standard InChI is InChI=1S/C12H10ClN3O4/c1-20-9-3-2-6(13)4-7(9)11(17)15-8-5-14-16-10(8)12(18)19/h2-5H,1H3,(H,14,16)(H,15,17)(H,18,19). The highest BCUT2D eigenvalue weighted by molar-refractivity contribution is 6.31. The molecule has 7 nitrogen and oxygen atoms in total. The van der Waals surface area contributed by atoms with Gasteiger partial charge in [0, 0.05) is 5.02 Å². The molecule has 1 aromatic carbocycles. The fourth-order valence-electron chi connectivity index (χ4n) is 1.59. The molecule has 2 rings (SSSR count). The number of aromatic carboxylic acids is 1. The highest BCUT2D eigenvalue weighted by Crippen LogP contribution is 2.24. The predicted octanol–water partition coefficient (Wildman–Crippen LogP) is 2.02. The molecule has 1 amide bonds. The number of carboxylic acid groups (broad SMARTS) is 1.